The SMILES string of the molecule is CCNC(=NCc1ccccc1OCC(C)C)NCCCOCCOC. The Kier molecular flexibility index (Phi) is 12.3. The van der Waals surface area contributed by atoms with Gasteiger partial charge in [-0.25, -0.2) is 4.99 Å². The molecule has 0 unspecified atom stereocenters. The molecule has 0 aliphatic heterocycles. The molecule has 6 heteroatoms. The van der Waals surface area contributed by atoms with Gasteiger partial charge in [0.1, 0.15) is 5.75 Å². The Bertz CT molecular complexity index is 507. The minimum atomic E-state index is 0.497. The lowest BCUT2D eigenvalue weighted by Gasteiger charge is -2.14. The van der Waals surface area contributed by atoms with Crippen molar-refractivity contribution in [2.75, 3.05) is 46.6 Å². The predicted octanol–water partition coefficient (Wildman–Crippen LogP) is 2.83. The number of para-hydroxylation sites is 1. The van der Waals surface area contributed by atoms with E-state index < -0.39 is 0 Å². The van der Waals surface area contributed by atoms with Gasteiger partial charge >= 0.3 is 0 Å². The van der Waals surface area contributed by atoms with Crippen molar-refractivity contribution in [2.45, 2.75) is 33.7 Å². The van der Waals surface area contributed by atoms with Crippen LogP contribution in [0.3, 0.4) is 0 Å². The van der Waals surface area contributed by atoms with Gasteiger partial charge in [-0.2, -0.15) is 0 Å². The molecular formula is C20H35N3O3. The normalized spacial score (nSPS) is 11.7. The zero-order valence-electron chi connectivity index (χ0n) is 16.7. The molecule has 6 nitrogen and oxygen atoms in total. The maximum atomic E-state index is 5.90. The first-order valence-corrected chi connectivity index (χ1v) is 9.46. The molecule has 0 amide bonds. The quantitative estimate of drug-likeness (QED) is 0.320. The smallest absolute Gasteiger partial charge is 0.191 e. The fourth-order valence-corrected chi connectivity index (χ4v) is 2.16. The molecular weight excluding hydrogens is 330 g/mol. The van der Waals surface area contributed by atoms with Crippen LogP contribution in [0.25, 0.3) is 0 Å². The topological polar surface area (TPSA) is 64.1 Å². The van der Waals surface area contributed by atoms with Crippen molar-refractivity contribution < 1.29 is 14.2 Å². The van der Waals surface area contributed by atoms with Gasteiger partial charge in [0.15, 0.2) is 5.96 Å². The monoisotopic (exact) mass is 365 g/mol. The van der Waals surface area contributed by atoms with Crippen molar-refractivity contribution in [1.82, 2.24) is 10.6 Å². The van der Waals surface area contributed by atoms with Crippen molar-refractivity contribution in [2.24, 2.45) is 10.9 Å². The second-order valence-corrected chi connectivity index (χ2v) is 6.39. The summed E-state index contributed by atoms with van der Waals surface area (Å²) in [4.78, 5) is 4.67. The summed E-state index contributed by atoms with van der Waals surface area (Å²) in [6.45, 7) is 11.3. The van der Waals surface area contributed by atoms with Crippen LogP contribution >= 0.6 is 0 Å². The van der Waals surface area contributed by atoms with Gasteiger partial charge in [-0.3, -0.25) is 0 Å². The maximum absolute atomic E-state index is 5.90. The first kappa shape index (κ1) is 22.3. The summed E-state index contributed by atoms with van der Waals surface area (Å²) >= 11 is 0. The molecule has 0 atom stereocenters. The molecule has 0 saturated carbocycles. The summed E-state index contributed by atoms with van der Waals surface area (Å²) < 4.78 is 16.3. The van der Waals surface area contributed by atoms with E-state index in [-0.39, 0.29) is 0 Å². The van der Waals surface area contributed by atoms with E-state index in [1.54, 1.807) is 7.11 Å². The molecule has 0 bridgehead atoms. The fourth-order valence-electron chi connectivity index (χ4n) is 2.16. The fraction of sp³-hybridized carbons (Fsp3) is 0.650. The lowest BCUT2D eigenvalue weighted by Crippen LogP contribution is -2.38. The molecule has 1 rings (SSSR count). The van der Waals surface area contributed by atoms with Gasteiger partial charge in [-0.15, -0.1) is 0 Å². The minimum absolute atomic E-state index is 0.497. The average molecular weight is 366 g/mol. The molecule has 0 radical (unpaired) electrons. The zero-order valence-corrected chi connectivity index (χ0v) is 16.7. The highest BCUT2D eigenvalue weighted by molar-refractivity contribution is 5.79. The Labute approximate surface area is 158 Å². The molecule has 1 aromatic carbocycles. The van der Waals surface area contributed by atoms with Gasteiger partial charge in [0.05, 0.1) is 26.4 Å². The number of rotatable bonds is 13. The van der Waals surface area contributed by atoms with E-state index in [4.69, 9.17) is 14.2 Å². The Morgan fingerprint density at radius 1 is 1.12 bits per heavy atom. The van der Waals surface area contributed by atoms with Crippen molar-refractivity contribution in [3.05, 3.63) is 29.8 Å². The number of benzene rings is 1. The van der Waals surface area contributed by atoms with Crippen LogP contribution in [0.1, 0.15) is 32.8 Å². The largest absolute Gasteiger partial charge is 0.493 e. The summed E-state index contributed by atoms with van der Waals surface area (Å²) in [5.41, 5.74) is 1.09. The lowest BCUT2D eigenvalue weighted by atomic mass is 10.2. The van der Waals surface area contributed by atoms with Gasteiger partial charge in [-0.05, 0) is 25.3 Å². The maximum Gasteiger partial charge on any atom is 0.191 e. The second-order valence-electron chi connectivity index (χ2n) is 6.39. The summed E-state index contributed by atoms with van der Waals surface area (Å²) in [7, 11) is 1.68. The standard InChI is InChI=1S/C20H35N3O3/c1-5-21-20(22-11-8-12-25-14-13-24-4)23-15-18-9-6-7-10-19(18)26-16-17(2)3/h6-7,9-10,17H,5,8,11-16H2,1-4H3,(H2,21,22,23). The third kappa shape index (κ3) is 10.3. The number of guanidine groups is 1. The van der Waals surface area contributed by atoms with E-state index in [0.29, 0.717) is 38.9 Å². The van der Waals surface area contributed by atoms with E-state index in [1.807, 2.05) is 18.2 Å². The van der Waals surface area contributed by atoms with E-state index in [1.165, 1.54) is 0 Å². The minimum Gasteiger partial charge on any atom is -0.493 e. The highest BCUT2D eigenvalue weighted by atomic mass is 16.5. The van der Waals surface area contributed by atoms with Gasteiger partial charge in [-0.1, -0.05) is 32.0 Å². The molecule has 0 aliphatic carbocycles. The van der Waals surface area contributed by atoms with Crippen LogP contribution < -0.4 is 15.4 Å². The molecule has 0 spiro atoms. The molecule has 26 heavy (non-hydrogen) atoms. The molecule has 0 saturated heterocycles. The van der Waals surface area contributed by atoms with Crippen molar-refractivity contribution in [1.29, 1.82) is 0 Å². The summed E-state index contributed by atoms with van der Waals surface area (Å²) in [6, 6.07) is 8.08. The number of ether oxygens (including phenoxy) is 3. The molecule has 0 fully saturated rings. The van der Waals surface area contributed by atoms with E-state index in [9.17, 15) is 0 Å². The average Bonchev–Trinajstić information content (AvgIpc) is 2.64. The van der Waals surface area contributed by atoms with Crippen LogP contribution in [0.5, 0.6) is 5.75 Å². The summed E-state index contributed by atoms with van der Waals surface area (Å²) in [6.07, 6.45) is 0.919. The Hall–Kier alpha value is -1.79. The Morgan fingerprint density at radius 3 is 2.65 bits per heavy atom. The Morgan fingerprint density at radius 2 is 1.92 bits per heavy atom. The molecule has 0 aromatic heterocycles. The molecule has 1 aromatic rings. The van der Waals surface area contributed by atoms with Crippen molar-refractivity contribution in [3.63, 3.8) is 0 Å². The zero-order chi connectivity index (χ0) is 19.0. The van der Waals surface area contributed by atoms with E-state index in [2.05, 4.69) is 42.5 Å². The third-order valence-electron chi connectivity index (χ3n) is 3.49. The second kappa shape index (κ2) is 14.4. The van der Waals surface area contributed by atoms with E-state index in [0.717, 1.165) is 36.8 Å². The van der Waals surface area contributed by atoms with Gasteiger partial charge in [0.25, 0.3) is 0 Å². The molecule has 0 heterocycles. The molecule has 148 valence electrons. The number of methoxy groups -OCH3 is 1. The van der Waals surface area contributed by atoms with E-state index >= 15 is 0 Å². The van der Waals surface area contributed by atoms with Crippen LogP contribution in [0.4, 0.5) is 0 Å². The van der Waals surface area contributed by atoms with Crippen LogP contribution in [0, 0.1) is 5.92 Å². The van der Waals surface area contributed by atoms with Gasteiger partial charge in [0, 0.05) is 32.4 Å². The van der Waals surface area contributed by atoms with Crippen LogP contribution in [0.2, 0.25) is 0 Å². The summed E-state index contributed by atoms with van der Waals surface area (Å²) in [5.74, 6) is 2.21. The molecule has 0 aliphatic rings. The number of hydrogen-bond acceptors (Lipinski definition) is 4. The first-order valence-electron chi connectivity index (χ1n) is 9.46. The Balaban J connectivity index is 2.47. The van der Waals surface area contributed by atoms with Crippen LogP contribution in [-0.2, 0) is 16.0 Å². The number of nitrogens with zero attached hydrogens (tertiary/aromatic N) is 1. The predicted molar refractivity (Wildman–Crippen MR) is 107 cm³/mol. The number of aliphatic imine (C=N–C) groups is 1. The van der Waals surface area contributed by atoms with Crippen molar-refractivity contribution >= 4 is 5.96 Å². The third-order valence-corrected chi connectivity index (χ3v) is 3.49. The number of hydrogen-bond donors (Lipinski definition) is 2. The first-order chi connectivity index (χ1) is 12.7. The lowest BCUT2D eigenvalue weighted by molar-refractivity contribution is 0.0698. The number of nitrogens with one attached hydrogen (secondary N) is 2. The van der Waals surface area contributed by atoms with Gasteiger partial charge in [0.2, 0.25) is 0 Å². The highest BCUT2D eigenvalue weighted by Crippen LogP contribution is 2.19. The van der Waals surface area contributed by atoms with Crippen molar-refractivity contribution in [3.8, 4) is 5.75 Å². The van der Waals surface area contributed by atoms with Crippen LogP contribution in [0.15, 0.2) is 29.3 Å². The molecule has 2 N–H and O–H groups in total. The highest BCUT2D eigenvalue weighted by Gasteiger charge is 2.05. The van der Waals surface area contributed by atoms with Gasteiger partial charge < -0.3 is 24.8 Å². The van der Waals surface area contributed by atoms with Crippen LogP contribution in [-0.4, -0.2) is 52.6 Å². The summed E-state index contributed by atoms with van der Waals surface area (Å²) in [5, 5.41) is 6.61.